The largest absolute Gasteiger partial charge is 0.497 e. The quantitative estimate of drug-likeness (QED) is 0.466. The maximum atomic E-state index is 13.3. The average molecular weight is 414 g/mol. The number of rotatable bonds is 4. The number of carbonyl (C=O) groups is 1. The third-order valence-electron chi connectivity index (χ3n) is 5.06. The number of fused-ring (bicyclic) bond motifs is 2. The van der Waals surface area contributed by atoms with Crippen LogP contribution in [0.3, 0.4) is 0 Å². The molecule has 1 aliphatic rings. The van der Waals surface area contributed by atoms with Crippen molar-refractivity contribution in [3.63, 3.8) is 0 Å². The van der Waals surface area contributed by atoms with Gasteiger partial charge >= 0.3 is 0 Å². The molecule has 5 rings (SSSR count). The molecule has 0 saturated carbocycles. The van der Waals surface area contributed by atoms with E-state index in [1.807, 2.05) is 78.2 Å². The van der Waals surface area contributed by atoms with Gasteiger partial charge in [0.1, 0.15) is 17.2 Å². The Balaban J connectivity index is 1.43. The molecule has 0 spiro atoms. The van der Waals surface area contributed by atoms with Gasteiger partial charge in [0.2, 0.25) is 5.91 Å². The lowest BCUT2D eigenvalue weighted by Crippen LogP contribution is -2.25. The fourth-order valence-electron chi connectivity index (χ4n) is 3.60. The lowest BCUT2D eigenvalue weighted by atomic mass is 9.87. The highest BCUT2D eigenvalue weighted by atomic mass is 32.1. The van der Waals surface area contributed by atoms with Crippen molar-refractivity contribution in [2.75, 3.05) is 12.4 Å². The van der Waals surface area contributed by atoms with E-state index in [2.05, 4.69) is 10.3 Å². The number of para-hydroxylation sites is 2. The topological polar surface area (TPSA) is 60.5 Å². The molecule has 6 heteroatoms. The van der Waals surface area contributed by atoms with Crippen molar-refractivity contribution in [3.8, 4) is 28.5 Å². The Bertz CT molecular complexity index is 1170. The van der Waals surface area contributed by atoms with Crippen molar-refractivity contribution in [2.24, 2.45) is 0 Å². The summed E-state index contributed by atoms with van der Waals surface area (Å²) in [5, 5.41) is 5.49. The van der Waals surface area contributed by atoms with Crippen LogP contribution in [-0.4, -0.2) is 18.0 Å². The molecule has 2 heterocycles. The minimum atomic E-state index is -0.459. The van der Waals surface area contributed by atoms with Crippen LogP contribution in [-0.2, 0) is 4.79 Å². The fraction of sp³-hybridized carbons (Fsp3) is 0.0833. The Morgan fingerprint density at radius 1 is 0.967 bits per heavy atom. The third-order valence-corrected chi connectivity index (χ3v) is 5.82. The van der Waals surface area contributed by atoms with Gasteiger partial charge < -0.3 is 14.8 Å². The van der Waals surface area contributed by atoms with Crippen LogP contribution in [0.1, 0.15) is 17.0 Å². The number of hydrogen-bond donors (Lipinski definition) is 1. The van der Waals surface area contributed by atoms with Gasteiger partial charge in [0.25, 0.3) is 0 Å². The first-order chi connectivity index (χ1) is 14.7. The van der Waals surface area contributed by atoms with E-state index < -0.39 is 5.92 Å². The summed E-state index contributed by atoms with van der Waals surface area (Å²) in [5.41, 5.74) is 3.47. The van der Waals surface area contributed by atoms with Crippen LogP contribution in [0, 0.1) is 0 Å². The van der Waals surface area contributed by atoms with Gasteiger partial charge in [-0.15, -0.1) is 11.3 Å². The number of carbonyl (C=O) groups excluding carboxylic acids is 1. The molecule has 0 fully saturated rings. The summed E-state index contributed by atoms with van der Waals surface area (Å²) in [5.74, 6) is 1.61. The summed E-state index contributed by atoms with van der Waals surface area (Å²) in [6.07, 6.45) is 0. The molecule has 1 N–H and O–H groups in total. The van der Waals surface area contributed by atoms with Crippen LogP contribution in [0.2, 0.25) is 0 Å². The summed E-state index contributed by atoms with van der Waals surface area (Å²) in [6.45, 7) is 0. The Morgan fingerprint density at radius 2 is 1.60 bits per heavy atom. The average Bonchev–Trinajstić information content (AvgIpc) is 3.25. The number of hydrogen-bond acceptors (Lipinski definition) is 5. The predicted molar refractivity (Wildman–Crippen MR) is 118 cm³/mol. The number of ether oxygens (including phenoxy) is 2. The zero-order valence-electron chi connectivity index (χ0n) is 16.2. The van der Waals surface area contributed by atoms with Gasteiger partial charge in [-0.05, 0) is 36.4 Å². The van der Waals surface area contributed by atoms with Crippen LogP contribution in [0.25, 0.3) is 11.3 Å². The molecule has 1 aromatic heterocycles. The van der Waals surface area contributed by atoms with Crippen molar-refractivity contribution in [3.05, 3.63) is 89.3 Å². The molecule has 148 valence electrons. The monoisotopic (exact) mass is 414 g/mol. The fourth-order valence-corrected chi connectivity index (χ4v) is 4.32. The number of nitrogens with one attached hydrogen (secondary N) is 1. The molecule has 4 aromatic rings. The van der Waals surface area contributed by atoms with Gasteiger partial charge in [-0.25, -0.2) is 4.98 Å². The zero-order valence-corrected chi connectivity index (χ0v) is 17.0. The number of thiazole rings is 1. The highest BCUT2D eigenvalue weighted by Crippen LogP contribution is 2.44. The highest BCUT2D eigenvalue weighted by molar-refractivity contribution is 7.14. The minimum absolute atomic E-state index is 0.131. The van der Waals surface area contributed by atoms with Gasteiger partial charge in [0.05, 0.1) is 18.7 Å². The summed E-state index contributed by atoms with van der Waals surface area (Å²) < 4.78 is 11.2. The molecule has 30 heavy (non-hydrogen) atoms. The van der Waals surface area contributed by atoms with E-state index in [1.165, 1.54) is 11.3 Å². The second-order valence-corrected chi connectivity index (χ2v) is 7.72. The Labute approximate surface area is 177 Å². The Hall–Kier alpha value is -3.64. The lowest BCUT2D eigenvalue weighted by Gasteiger charge is -2.27. The van der Waals surface area contributed by atoms with Gasteiger partial charge in [0.15, 0.2) is 5.13 Å². The first kappa shape index (κ1) is 18.4. The lowest BCUT2D eigenvalue weighted by molar-refractivity contribution is -0.116. The van der Waals surface area contributed by atoms with E-state index in [9.17, 15) is 4.79 Å². The molecule has 0 atom stereocenters. The third kappa shape index (κ3) is 3.31. The van der Waals surface area contributed by atoms with Crippen molar-refractivity contribution >= 4 is 22.4 Å². The SMILES string of the molecule is COc1ccc(-c2csc(NC(=O)C3c4ccccc4Oc4ccccc43)n2)cc1. The van der Waals surface area contributed by atoms with E-state index in [0.717, 1.165) is 28.1 Å². The van der Waals surface area contributed by atoms with Gasteiger partial charge in [0, 0.05) is 22.1 Å². The first-order valence-electron chi connectivity index (χ1n) is 9.49. The van der Waals surface area contributed by atoms with Gasteiger partial charge in [-0.3, -0.25) is 4.79 Å². The molecule has 0 saturated heterocycles. The van der Waals surface area contributed by atoms with Crippen LogP contribution in [0.5, 0.6) is 17.2 Å². The standard InChI is InChI=1S/C24H18N2O3S/c1-28-16-12-10-15(11-13-16)19-14-30-24(25-19)26-23(27)22-17-6-2-4-8-20(17)29-21-9-5-3-7-18(21)22/h2-14,22H,1H3,(H,25,26,27). The number of methoxy groups -OCH3 is 1. The minimum Gasteiger partial charge on any atom is -0.497 e. The first-order valence-corrected chi connectivity index (χ1v) is 10.4. The molecule has 0 unspecified atom stereocenters. The molecule has 1 aliphatic heterocycles. The number of aromatic nitrogens is 1. The van der Waals surface area contributed by atoms with E-state index in [0.29, 0.717) is 16.6 Å². The molecule has 0 radical (unpaired) electrons. The van der Waals surface area contributed by atoms with Crippen LogP contribution >= 0.6 is 11.3 Å². The van der Waals surface area contributed by atoms with E-state index in [1.54, 1.807) is 7.11 Å². The highest BCUT2D eigenvalue weighted by Gasteiger charge is 2.32. The second kappa shape index (κ2) is 7.65. The van der Waals surface area contributed by atoms with E-state index in [-0.39, 0.29) is 5.91 Å². The van der Waals surface area contributed by atoms with Crippen molar-refractivity contribution < 1.29 is 14.3 Å². The molecule has 1 amide bonds. The molecule has 0 bridgehead atoms. The van der Waals surface area contributed by atoms with Crippen molar-refractivity contribution in [1.29, 1.82) is 0 Å². The smallest absolute Gasteiger partial charge is 0.238 e. The molecular weight excluding hydrogens is 396 g/mol. The molecule has 0 aliphatic carbocycles. The Kier molecular flexibility index (Phi) is 4.69. The van der Waals surface area contributed by atoms with Crippen LogP contribution in [0.15, 0.2) is 78.2 Å². The van der Waals surface area contributed by atoms with Gasteiger partial charge in [-0.2, -0.15) is 0 Å². The maximum Gasteiger partial charge on any atom is 0.238 e. The molecule has 5 nitrogen and oxygen atoms in total. The van der Waals surface area contributed by atoms with E-state index >= 15 is 0 Å². The number of anilines is 1. The summed E-state index contributed by atoms with van der Waals surface area (Å²) >= 11 is 1.40. The zero-order chi connectivity index (χ0) is 20.5. The second-order valence-electron chi connectivity index (χ2n) is 6.87. The maximum absolute atomic E-state index is 13.3. The van der Waals surface area contributed by atoms with Crippen molar-refractivity contribution in [1.82, 2.24) is 4.98 Å². The summed E-state index contributed by atoms with van der Waals surface area (Å²) in [6, 6.07) is 23.0. The number of amides is 1. The van der Waals surface area contributed by atoms with Gasteiger partial charge in [-0.1, -0.05) is 36.4 Å². The molecular formula is C24H18N2O3S. The predicted octanol–water partition coefficient (Wildman–Crippen LogP) is 5.70. The van der Waals surface area contributed by atoms with Crippen LogP contribution < -0.4 is 14.8 Å². The summed E-state index contributed by atoms with van der Waals surface area (Å²) in [4.78, 5) is 17.9. The number of benzene rings is 3. The van der Waals surface area contributed by atoms with Crippen LogP contribution in [0.4, 0.5) is 5.13 Å². The van der Waals surface area contributed by atoms with Crippen molar-refractivity contribution in [2.45, 2.75) is 5.92 Å². The molecule has 3 aromatic carbocycles. The normalized spacial score (nSPS) is 12.4. The summed E-state index contributed by atoms with van der Waals surface area (Å²) in [7, 11) is 1.64. The number of nitrogens with zero attached hydrogens (tertiary/aromatic N) is 1. The Morgan fingerprint density at radius 3 is 2.23 bits per heavy atom. The van der Waals surface area contributed by atoms with E-state index in [4.69, 9.17) is 9.47 Å².